The van der Waals surface area contributed by atoms with E-state index in [1.165, 1.54) is 11.8 Å². The minimum Gasteiger partial charge on any atom is -0.467 e. The third-order valence-corrected chi connectivity index (χ3v) is 7.17. The van der Waals surface area contributed by atoms with Crippen LogP contribution >= 0.6 is 11.8 Å². The van der Waals surface area contributed by atoms with E-state index >= 15 is 0 Å². The fourth-order valence-electron chi connectivity index (χ4n) is 4.30. The van der Waals surface area contributed by atoms with Gasteiger partial charge in [0.25, 0.3) is 5.91 Å². The highest BCUT2D eigenvalue weighted by Crippen LogP contribution is 2.41. The molecule has 1 N–H and O–H groups in total. The molecule has 0 spiro atoms. The number of aromatic nitrogens is 1. The molecule has 1 saturated carbocycles. The van der Waals surface area contributed by atoms with E-state index in [4.69, 9.17) is 9.41 Å². The Morgan fingerprint density at radius 1 is 1.08 bits per heavy atom. The Bertz CT molecular complexity index is 1480. The van der Waals surface area contributed by atoms with Gasteiger partial charge in [-0.2, -0.15) is 0 Å². The van der Waals surface area contributed by atoms with Gasteiger partial charge >= 0.3 is 0 Å². The maximum absolute atomic E-state index is 13.4. The summed E-state index contributed by atoms with van der Waals surface area (Å²) in [4.78, 5) is 33.3. The monoisotopic (exact) mass is 496 g/mol. The lowest BCUT2D eigenvalue weighted by molar-refractivity contribution is -0.123. The van der Waals surface area contributed by atoms with Gasteiger partial charge in [0.2, 0.25) is 5.91 Å². The molecular formula is C28H24N4O3S. The molecule has 0 unspecified atom stereocenters. The first-order chi connectivity index (χ1) is 17.7. The second kappa shape index (κ2) is 9.54. The molecule has 3 heterocycles. The minimum absolute atomic E-state index is 0.00907. The molecule has 2 fully saturated rings. The Morgan fingerprint density at radius 3 is 2.67 bits per heavy atom. The molecule has 1 aliphatic carbocycles. The van der Waals surface area contributed by atoms with Gasteiger partial charge in [0.1, 0.15) is 12.3 Å². The smallest absolute Gasteiger partial charge is 0.267 e. The van der Waals surface area contributed by atoms with Crippen molar-refractivity contribution in [3.8, 4) is 0 Å². The summed E-state index contributed by atoms with van der Waals surface area (Å²) in [5, 5.41) is 4.60. The van der Waals surface area contributed by atoms with Crippen LogP contribution in [0.3, 0.4) is 0 Å². The Balaban J connectivity index is 1.28. The van der Waals surface area contributed by atoms with E-state index in [0.717, 1.165) is 40.2 Å². The van der Waals surface area contributed by atoms with Gasteiger partial charge in [0.15, 0.2) is 5.17 Å². The van der Waals surface area contributed by atoms with Crippen LogP contribution in [0.4, 0.5) is 5.69 Å². The number of amides is 2. The van der Waals surface area contributed by atoms with Crippen molar-refractivity contribution in [2.45, 2.75) is 32.0 Å². The lowest BCUT2D eigenvalue weighted by Gasteiger charge is -2.13. The van der Waals surface area contributed by atoms with E-state index in [1.54, 1.807) is 12.3 Å². The van der Waals surface area contributed by atoms with Crippen molar-refractivity contribution in [1.82, 2.24) is 14.8 Å². The molecule has 8 heteroatoms. The molecule has 2 aromatic carbocycles. The number of benzene rings is 2. The highest BCUT2D eigenvalue weighted by atomic mass is 32.2. The number of rotatable bonds is 7. The predicted octanol–water partition coefficient (Wildman–Crippen LogP) is 5.32. The van der Waals surface area contributed by atoms with Gasteiger partial charge in [-0.15, -0.1) is 0 Å². The highest BCUT2D eigenvalue weighted by molar-refractivity contribution is 8.18. The van der Waals surface area contributed by atoms with Crippen molar-refractivity contribution < 1.29 is 14.0 Å². The minimum atomic E-state index is -0.116. The fraction of sp³-hybridized carbons (Fsp3) is 0.179. The number of carbonyl (C=O) groups excluding carboxylic acids is 2. The van der Waals surface area contributed by atoms with Crippen LogP contribution in [0.2, 0.25) is 0 Å². The largest absolute Gasteiger partial charge is 0.467 e. The number of fused-ring (bicyclic) bond motifs is 1. The van der Waals surface area contributed by atoms with E-state index in [2.05, 4.69) is 5.32 Å². The number of furan rings is 1. The topological polar surface area (TPSA) is 79.8 Å². The summed E-state index contributed by atoms with van der Waals surface area (Å²) in [6.07, 6.45) is 7.45. The Hall–Kier alpha value is -4.04. The Labute approximate surface area is 212 Å². The molecule has 2 aliphatic rings. The number of para-hydroxylation sites is 2. The first-order valence-electron chi connectivity index (χ1n) is 11.9. The van der Waals surface area contributed by atoms with Gasteiger partial charge in [0.05, 0.1) is 23.4 Å². The normalized spacial score (nSPS) is 18.0. The van der Waals surface area contributed by atoms with Crippen LogP contribution in [0.5, 0.6) is 0 Å². The maximum atomic E-state index is 13.4. The summed E-state index contributed by atoms with van der Waals surface area (Å²) in [6.45, 7) is 0.508. The maximum Gasteiger partial charge on any atom is 0.267 e. The SMILES string of the molecule is O=C(Cn1cc(C=C2SC(=Nc3ccccc3)N(C3CC3)C2=O)c2ccccc21)NCc1ccco1. The number of hydrogen-bond donors (Lipinski definition) is 1. The van der Waals surface area contributed by atoms with Crippen molar-refractivity contribution in [3.63, 3.8) is 0 Å². The summed E-state index contributed by atoms with van der Waals surface area (Å²) in [7, 11) is 0. The van der Waals surface area contributed by atoms with Gasteiger partial charge < -0.3 is 14.3 Å². The summed E-state index contributed by atoms with van der Waals surface area (Å²) in [5.41, 5.74) is 2.67. The molecule has 1 aliphatic heterocycles. The van der Waals surface area contributed by atoms with E-state index < -0.39 is 0 Å². The molecule has 1 saturated heterocycles. The standard InChI is InChI=1S/C28H24N4O3S/c33-26(29-16-22-9-6-14-35-22)18-31-17-19(23-10-4-5-11-24(23)31)15-25-27(34)32(21-12-13-21)28(36-25)30-20-7-2-1-3-8-20/h1-11,14-15,17,21H,12-13,16,18H2,(H,29,33). The summed E-state index contributed by atoms with van der Waals surface area (Å²) in [5.74, 6) is 0.580. The summed E-state index contributed by atoms with van der Waals surface area (Å²) < 4.78 is 7.21. The Kier molecular flexibility index (Phi) is 5.95. The third kappa shape index (κ3) is 4.59. The van der Waals surface area contributed by atoms with Crippen molar-refractivity contribution in [2.75, 3.05) is 0 Å². The van der Waals surface area contributed by atoms with Gasteiger partial charge in [-0.25, -0.2) is 4.99 Å². The molecule has 4 aromatic rings. The quantitative estimate of drug-likeness (QED) is 0.351. The molecule has 6 rings (SSSR count). The summed E-state index contributed by atoms with van der Waals surface area (Å²) >= 11 is 1.41. The molecule has 180 valence electrons. The van der Waals surface area contributed by atoms with Crippen LogP contribution in [0.15, 0.2) is 93.5 Å². The zero-order chi connectivity index (χ0) is 24.5. The number of aliphatic imine (C=N–C) groups is 1. The van der Waals surface area contributed by atoms with Crippen molar-refractivity contribution in [1.29, 1.82) is 0 Å². The third-order valence-electron chi connectivity index (χ3n) is 6.19. The van der Waals surface area contributed by atoms with Crippen LogP contribution in [0, 0.1) is 0 Å². The molecule has 2 amide bonds. The van der Waals surface area contributed by atoms with Crippen molar-refractivity contribution >= 4 is 51.4 Å². The predicted molar refractivity (Wildman–Crippen MR) is 141 cm³/mol. The second-order valence-electron chi connectivity index (χ2n) is 8.83. The van der Waals surface area contributed by atoms with E-state index in [-0.39, 0.29) is 24.4 Å². The number of amidine groups is 1. The molecule has 7 nitrogen and oxygen atoms in total. The van der Waals surface area contributed by atoms with Gasteiger partial charge in [0, 0.05) is 28.7 Å². The van der Waals surface area contributed by atoms with Crippen LogP contribution in [0.25, 0.3) is 17.0 Å². The van der Waals surface area contributed by atoms with Crippen LogP contribution in [-0.4, -0.2) is 32.5 Å². The second-order valence-corrected chi connectivity index (χ2v) is 9.84. The lowest BCUT2D eigenvalue weighted by atomic mass is 10.1. The molecular weight excluding hydrogens is 472 g/mol. The number of nitrogens with zero attached hydrogens (tertiary/aromatic N) is 3. The number of thioether (sulfide) groups is 1. The van der Waals surface area contributed by atoms with Crippen molar-refractivity contribution in [2.24, 2.45) is 4.99 Å². The van der Waals surface area contributed by atoms with Crippen molar-refractivity contribution in [3.05, 3.63) is 95.4 Å². The highest BCUT2D eigenvalue weighted by Gasteiger charge is 2.43. The average Bonchev–Trinajstić information content (AvgIpc) is 3.34. The Morgan fingerprint density at radius 2 is 1.89 bits per heavy atom. The molecule has 2 aromatic heterocycles. The van der Waals surface area contributed by atoms with Crippen LogP contribution < -0.4 is 5.32 Å². The zero-order valence-electron chi connectivity index (χ0n) is 19.5. The van der Waals surface area contributed by atoms with E-state index in [0.29, 0.717) is 17.2 Å². The number of carbonyl (C=O) groups is 2. The molecule has 0 atom stereocenters. The van der Waals surface area contributed by atoms with Crippen LogP contribution in [0.1, 0.15) is 24.2 Å². The average molecular weight is 497 g/mol. The van der Waals surface area contributed by atoms with E-state index in [1.807, 2.05) is 82.4 Å². The molecule has 0 radical (unpaired) electrons. The van der Waals surface area contributed by atoms with Gasteiger partial charge in [-0.3, -0.25) is 14.5 Å². The number of nitrogens with one attached hydrogen (secondary N) is 1. The van der Waals surface area contributed by atoms with E-state index in [9.17, 15) is 9.59 Å². The molecule has 0 bridgehead atoms. The number of hydrogen-bond acceptors (Lipinski definition) is 5. The van der Waals surface area contributed by atoms with Crippen LogP contribution in [-0.2, 0) is 22.7 Å². The summed E-state index contributed by atoms with van der Waals surface area (Å²) in [6, 6.07) is 21.5. The van der Waals surface area contributed by atoms with Gasteiger partial charge in [-0.05, 0) is 61.0 Å². The first kappa shape index (κ1) is 22.4. The molecule has 36 heavy (non-hydrogen) atoms. The lowest BCUT2D eigenvalue weighted by Crippen LogP contribution is -2.31. The zero-order valence-corrected chi connectivity index (χ0v) is 20.3. The fourth-order valence-corrected chi connectivity index (χ4v) is 5.35. The first-order valence-corrected chi connectivity index (χ1v) is 12.7. The van der Waals surface area contributed by atoms with Gasteiger partial charge in [-0.1, -0.05) is 36.4 Å².